The van der Waals surface area contributed by atoms with Crippen LogP contribution in [-0.2, 0) is 14.9 Å². The Morgan fingerprint density at radius 1 is 1.32 bits per heavy atom. The Morgan fingerprint density at radius 2 is 1.89 bits per heavy atom. The molecule has 1 N–H and O–H groups in total. The van der Waals surface area contributed by atoms with E-state index in [9.17, 15) is 13.2 Å². The highest BCUT2D eigenvalue weighted by molar-refractivity contribution is 9.09. The second kappa shape index (κ2) is 7.41. The van der Waals surface area contributed by atoms with Gasteiger partial charge in [-0.3, -0.25) is 4.90 Å². The lowest BCUT2D eigenvalue weighted by Crippen LogP contribution is -2.53. The highest BCUT2D eigenvalue weighted by Gasteiger charge is 2.28. The van der Waals surface area contributed by atoms with Gasteiger partial charge in [-0.15, -0.1) is 0 Å². The highest BCUT2D eigenvalue weighted by Crippen LogP contribution is 2.06. The largest absolute Gasteiger partial charge is 0.446 e. The number of alkyl halides is 1. The summed E-state index contributed by atoms with van der Waals surface area (Å²) < 4.78 is 31.8. The summed E-state index contributed by atoms with van der Waals surface area (Å²) in [5.74, 6) is 0. The number of nitrogens with one attached hydrogen (secondary N) is 1. The van der Waals surface area contributed by atoms with E-state index in [1.165, 1.54) is 4.31 Å². The average Bonchev–Trinajstić information content (AvgIpc) is 2.28. The van der Waals surface area contributed by atoms with E-state index in [0.717, 1.165) is 11.9 Å². The van der Waals surface area contributed by atoms with Crippen molar-refractivity contribution in [1.82, 2.24) is 13.9 Å². The molecule has 1 aliphatic heterocycles. The van der Waals surface area contributed by atoms with Gasteiger partial charge in [-0.05, 0) is 13.8 Å². The van der Waals surface area contributed by atoms with E-state index in [1.54, 1.807) is 13.8 Å². The van der Waals surface area contributed by atoms with Crippen LogP contribution in [0.3, 0.4) is 0 Å². The molecular weight excluding hydrogens is 338 g/mol. The molecule has 1 aliphatic rings. The number of nitrogens with zero attached hydrogens (tertiary/aromatic N) is 2. The first-order valence-electron chi connectivity index (χ1n) is 6.12. The summed E-state index contributed by atoms with van der Waals surface area (Å²) in [6.45, 7) is 6.26. The minimum Gasteiger partial charge on any atom is -0.446 e. The third-order valence-corrected chi connectivity index (χ3v) is 4.45. The van der Waals surface area contributed by atoms with Gasteiger partial charge >= 0.3 is 16.3 Å². The number of rotatable bonds is 5. The topological polar surface area (TPSA) is 78.9 Å². The van der Waals surface area contributed by atoms with Crippen LogP contribution in [0.25, 0.3) is 0 Å². The minimum atomic E-state index is -3.80. The van der Waals surface area contributed by atoms with E-state index in [2.05, 4.69) is 20.8 Å². The lowest BCUT2D eigenvalue weighted by molar-refractivity contribution is 0.120. The second-order valence-corrected chi connectivity index (χ2v) is 6.95. The summed E-state index contributed by atoms with van der Waals surface area (Å²) in [5.41, 5.74) is 0. The Kier molecular flexibility index (Phi) is 6.51. The van der Waals surface area contributed by atoms with Gasteiger partial charge in [-0.1, -0.05) is 15.9 Å². The molecule has 1 rings (SSSR count). The molecular formula is C10H20BrN3O4S. The van der Waals surface area contributed by atoms with Crippen molar-refractivity contribution in [2.24, 2.45) is 0 Å². The quantitative estimate of drug-likeness (QED) is 0.719. The van der Waals surface area contributed by atoms with Gasteiger partial charge in [0.1, 0.15) is 0 Å². The Bertz CT molecular complexity index is 394. The van der Waals surface area contributed by atoms with Crippen molar-refractivity contribution in [2.45, 2.75) is 20.0 Å². The van der Waals surface area contributed by atoms with Crippen LogP contribution in [-0.4, -0.2) is 67.9 Å². The molecule has 0 saturated carbocycles. The molecule has 1 saturated heterocycles. The molecule has 7 nitrogen and oxygen atoms in total. The molecule has 1 amide bonds. The molecule has 0 aromatic heterocycles. The Morgan fingerprint density at radius 3 is 2.37 bits per heavy atom. The maximum Gasteiger partial charge on any atom is 0.422 e. The summed E-state index contributed by atoms with van der Waals surface area (Å²) in [6.07, 6.45) is -1.29. The smallest absolute Gasteiger partial charge is 0.422 e. The Balaban J connectivity index is 2.48. The lowest BCUT2D eigenvalue weighted by Gasteiger charge is -2.33. The number of hydrogen-bond acceptors (Lipinski definition) is 5. The van der Waals surface area contributed by atoms with Crippen LogP contribution < -0.4 is 4.72 Å². The van der Waals surface area contributed by atoms with Gasteiger partial charge in [0.05, 0.1) is 6.10 Å². The van der Waals surface area contributed by atoms with Crippen molar-refractivity contribution in [1.29, 1.82) is 0 Å². The normalized spacial score (nSPS) is 18.5. The zero-order chi connectivity index (χ0) is 14.5. The molecule has 0 aromatic carbocycles. The Labute approximate surface area is 122 Å². The summed E-state index contributed by atoms with van der Waals surface area (Å²) in [7, 11) is -3.80. The van der Waals surface area contributed by atoms with Crippen molar-refractivity contribution >= 4 is 32.2 Å². The number of halogens is 1. The Hall–Kier alpha value is -0.380. The molecule has 0 aliphatic carbocycles. The minimum absolute atomic E-state index is 0.356. The van der Waals surface area contributed by atoms with Crippen molar-refractivity contribution in [3.05, 3.63) is 0 Å². The van der Waals surface area contributed by atoms with Gasteiger partial charge in [0.15, 0.2) is 0 Å². The van der Waals surface area contributed by atoms with Crippen LogP contribution in [0.4, 0.5) is 4.79 Å². The van der Waals surface area contributed by atoms with Crippen molar-refractivity contribution in [3.8, 4) is 0 Å². The number of amides is 1. The van der Waals surface area contributed by atoms with Gasteiger partial charge in [0.2, 0.25) is 0 Å². The zero-order valence-electron chi connectivity index (χ0n) is 11.1. The molecule has 9 heteroatoms. The molecule has 0 radical (unpaired) electrons. The SMILES string of the molecule is CC(C)OC(=O)NS(=O)(=O)N1CCN(CCBr)CC1. The van der Waals surface area contributed by atoms with E-state index in [-0.39, 0.29) is 6.10 Å². The van der Waals surface area contributed by atoms with Crippen LogP contribution in [0.1, 0.15) is 13.8 Å². The van der Waals surface area contributed by atoms with Gasteiger partial charge in [-0.25, -0.2) is 9.52 Å². The predicted octanol–water partition coefficient (Wildman–Crippen LogP) is 0.378. The fraction of sp³-hybridized carbons (Fsp3) is 0.900. The maximum absolute atomic E-state index is 11.9. The molecule has 0 atom stereocenters. The second-order valence-electron chi connectivity index (χ2n) is 4.49. The number of carbonyl (C=O) groups is 1. The lowest BCUT2D eigenvalue weighted by atomic mass is 10.4. The van der Waals surface area contributed by atoms with Gasteiger partial charge in [0, 0.05) is 38.1 Å². The van der Waals surface area contributed by atoms with Crippen molar-refractivity contribution in [2.75, 3.05) is 38.1 Å². The summed E-state index contributed by atoms with van der Waals surface area (Å²) >= 11 is 3.35. The van der Waals surface area contributed by atoms with Crippen LogP contribution in [0.5, 0.6) is 0 Å². The van der Waals surface area contributed by atoms with E-state index >= 15 is 0 Å². The number of piperazine rings is 1. The van der Waals surface area contributed by atoms with Crippen LogP contribution >= 0.6 is 15.9 Å². The standard InChI is InChI=1S/C10H20BrN3O4S/c1-9(2)18-10(15)12-19(16,17)14-7-5-13(4-3-11)6-8-14/h9H,3-8H2,1-2H3,(H,12,15). The first-order chi connectivity index (χ1) is 8.85. The third kappa shape index (κ3) is 5.64. The number of carbonyl (C=O) groups excluding carboxylic acids is 1. The molecule has 19 heavy (non-hydrogen) atoms. The molecule has 112 valence electrons. The first-order valence-corrected chi connectivity index (χ1v) is 8.68. The third-order valence-electron chi connectivity index (χ3n) is 2.63. The van der Waals surface area contributed by atoms with Gasteiger partial charge in [0.25, 0.3) is 0 Å². The molecule has 1 fully saturated rings. The van der Waals surface area contributed by atoms with Crippen molar-refractivity contribution in [3.63, 3.8) is 0 Å². The van der Waals surface area contributed by atoms with Crippen molar-refractivity contribution < 1.29 is 17.9 Å². The molecule has 0 bridgehead atoms. The average molecular weight is 358 g/mol. The van der Waals surface area contributed by atoms with E-state index in [4.69, 9.17) is 4.74 Å². The molecule has 0 aromatic rings. The van der Waals surface area contributed by atoms with Crippen LogP contribution in [0, 0.1) is 0 Å². The summed E-state index contributed by atoms with van der Waals surface area (Å²) in [5, 5.41) is 0.860. The first kappa shape index (κ1) is 16.7. The summed E-state index contributed by atoms with van der Waals surface area (Å²) in [4.78, 5) is 13.5. The van der Waals surface area contributed by atoms with E-state index < -0.39 is 16.3 Å². The number of ether oxygens (including phenoxy) is 1. The van der Waals surface area contributed by atoms with Crippen LogP contribution in [0.15, 0.2) is 0 Å². The van der Waals surface area contributed by atoms with E-state index in [0.29, 0.717) is 26.2 Å². The van der Waals surface area contributed by atoms with Gasteiger partial charge < -0.3 is 4.74 Å². The zero-order valence-corrected chi connectivity index (χ0v) is 13.5. The molecule has 1 heterocycles. The highest BCUT2D eigenvalue weighted by atomic mass is 79.9. The fourth-order valence-electron chi connectivity index (χ4n) is 1.72. The number of hydrogen-bond donors (Lipinski definition) is 1. The van der Waals surface area contributed by atoms with E-state index in [1.807, 2.05) is 4.72 Å². The molecule has 0 unspecified atom stereocenters. The van der Waals surface area contributed by atoms with Crippen LogP contribution in [0.2, 0.25) is 0 Å². The molecule has 0 spiro atoms. The maximum atomic E-state index is 11.9. The predicted molar refractivity (Wildman–Crippen MR) is 75.5 cm³/mol. The monoisotopic (exact) mass is 357 g/mol. The fourth-order valence-corrected chi connectivity index (χ4v) is 3.25. The summed E-state index contributed by atoms with van der Waals surface area (Å²) in [6, 6.07) is 0. The van der Waals surface area contributed by atoms with Gasteiger partial charge in [-0.2, -0.15) is 12.7 Å².